The summed E-state index contributed by atoms with van der Waals surface area (Å²) in [4.78, 5) is 8.30. The van der Waals surface area contributed by atoms with Crippen LogP contribution >= 0.6 is 12.2 Å². The monoisotopic (exact) mass is 281 g/mol. The highest BCUT2D eigenvalue weighted by atomic mass is 32.1. The molecular weight excluding hydrogens is 262 g/mol. The van der Waals surface area contributed by atoms with Crippen LogP contribution < -0.4 is 16.4 Å². The molecule has 0 aliphatic heterocycles. The summed E-state index contributed by atoms with van der Waals surface area (Å²) in [6.45, 7) is 3.57. The van der Waals surface area contributed by atoms with Crippen LogP contribution in [0.5, 0.6) is 0 Å². The maximum absolute atomic E-state index is 5.65. The highest BCUT2D eigenvalue weighted by molar-refractivity contribution is 7.80. The molecule has 1 aromatic rings. The van der Waals surface area contributed by atoms with Gasteiger partial charge in [0.2, 0.25) is 0 Å². The third-order valence-corrected chi connectivity index (χ3v) is 2.60. The number of nitrogens with two attached hydrogens (primary N) is 1. The number of thiocarbonyl (C=S) groups is 1. The zero-order chi connectivity index (χ0) is 14.1. The van der Waals surface area contributed by atoms with E-state index in [4.69, 9.17) is 22.7 Å². The minimum Gasteiger partial charge on any atom is -0.383 e. The Morgan fingerprint density at radius 2 is 2.37 bits per heavy atom. The van der Waals surface area contributed by atoms with E-state index in [1.54, 1.807) is 13.3 Å². The second kappa shape index (κ2) is 8.39. The van der Waals surface area contributed by atoms with Crippen LogP contribution in [0.4, 0.5) is 0 Å². The molecule has 1 rings (SSSR count). The Bertz CT molecular complexity index is 450. The Kier molecular flexibility index (Phi) is 6.76. The minimum absolute atomic E-state index is 0.271. The normalized spacial score (nSPS) is 11.2. The fourth-order valence-electron chi connectivity index (χ4n) is 1.32. The number of nitrogens with zero attached hydrogens (tertiary/aromatic N) is 2. The lowest BCUT2D eigenvalue weighted by molar-refractivity contribution is 0.208. The lowest BCUT2D eigenvalue weighted by Gasteiger charge is -2.10. The van der Waals surface area contributed by atoms with Crippen LogP contribution in [-0.2, 0) is 11.3 Å². The van der Waals surface area contributed by atoms with Crippen molar-refractivity contribution in [2.75, 3.05) is 20.3 Å². The van der Waals surface area contributed by atoms with E-state index in [-0.39, 0.29) is 5.96 Å². The summed E-state index contributed by atoms with van der Waals surface area (Å²) in [7, 11) is 1.61. The van der Waals surface area contributed by atoms with Gasteiger partial charge < -0.3 is 21.1 Å². The summed E-state index contributed by atoms with van der Waals surface area (Å²) in [6.07, 6.45) is 1.75. The number of methoxy groups -OCH3 is 1. The molecule has 104 valence electrons. The molecule has 0 saturated carbocycles. The van der Waals surface area contributed by atoms with Crippen molar-refractivity contribution in [2.24, 2.45) is 10.7 Å². The number of aryl methyl sites for hydroxylation is 1. The van der Waals surface area contributed by atoms with Gasteiger partial charge in [-0.05, 0) is 30.8 Å². The van der Waals surface area contributed by atoms with E-state index in [2.05, 4.69) is 20.6 Å². The SMILES string of the molecule is COCCN=C(N)NC(=S)NCc1ncccc1C. The lowest BCUT2D eigenvalue weighted by Crippen LogP contribution is -2.43. The second-order valence-corrected chi connectivity index (χ2v) is 4.24. The molecule has 0 aromatic carbocycles. The Labute approximate surface area is 118 Å². The highest BCUT2D eigenvalue weighted by Crippen LogP contribution is 2.01. The van der Waals surface area contributed by atoms with Crippen molar-refractivity contribution in [2.45, 2.75) is 13.5 Å². The van der Waals surface area contributed by atoms with E-state index in [0.29, 0.717) is 24.8 Å². The van der Waals surface area contributed by atoms with E-state index >= 15 is 0 Å². The van der Waals surface area contributed by atoms with Crippen molar-refractivity contribution in [1.29, 1.82) is 0 Å². The Balaban J connectivity index is 2.36. The molecule has 0 aliphatic carbocycles. The molecule has 0 bridgehead atoms. The first-order valence-corrected chi connectivity index (χ1v) is 6.28. The van der Waals surface area contributed by atoms with Crippen molar-refractivity contribution >= 4 is 23.3 Å². The lowest BCUT2D eigenvalue weighted by atomic mass is 10.2. The van der Waals surface area contributed by atoms with Crippen molar-refractivity contribution in [1.82, 2.24) is 15.6 Å². The summed E-state index contributed by atoms with van der Waals surface area (Å²) in [6, 6.07) is 3.90. The van der Waals surface area contributed by atoms with Gasteiger partial charge in [-0.15, -0.1) is 0 Å². The smallest absolute Gasteiger partial charge is 0.194 e. The largest absolute Gasteiger partial charge is 0.383 e. The van der Waals surface area contributed by atoms with E-state index < -0.39 is 0 Å². The van der Waals surface area contributed by atoms with Crippen LogP contribution in [0.15, 0.2) is 23.3 Å². The van der Waals surface area contributed by atoms with Crippen LogP contribution in [0.1, 0.15) is 11.3 Å². The summed E-state index contributed by atoms with van der Waals surface area (Å²) in [5, 5.41) is 6.24. The fraction of sp³-hybridized carbons (Fsp3) is 0.417. The van der Waals surface area contributed by atoms with Gasteiger partial charge in [-0.25, -0.2) is 0 Å². The molecule has 0 saturated heterocycles. The van der Waals surface area contributed by atoms with Gasteiger partial charge in [0.15, 0.2) is 11.1 Å². The molecule has 0 amide bonds. The van der Waals surface area contributed by atoms with Gasteiger partial charge in [0.25, 0.3) is 0 Å². The molecule has 0 radical (unpaired) electrons. The second-order valence-electron chi connectivity index (χ2n) is 3.83. The number of aliphatic imine (C=N–C) groups is 1. The molecule has 7 heteroatoms. The average molecular weight is 281 g/mol. The number of nitrogens with one attached hydrogen (secondary N) is 2. The van der Waals surface area contributed by atoms with Crippen LogP contribution in [0, 0.1) is 6.92 Å². The van der Waals surface area contributed by atoms with Gasteiger partial charge in [-0.2, -0.15) is 0 Å². The van der Waals surface area contributed by atoms with E-state index in [1.165, 1.54) is 0 Å². The van der Waals surface area contributed by atoms with Crippen molar-refractivity contribution < 1.29 is 4.74 Å². The van der Waals surface area contributed by atoms with Crippen molar-refractivity contribution in [3.8, 4) is 0 Å². The molecule has 1 heterocycles. The standard InChI is InChI=1S/C12H19N5OS/c1-9-4-3-5-14-10(9)8-16-12(19)17-11(13)15-6-7-18-2/h3-5H,6-8H2,1-2H3,(H4,13,15,16,17,19). The number of hydrogen-bond acceptors (Lipinski definition) is 4. The zero-order valence-corrected chi connectivity index (χ0v) is 12.0. The predicted molar refractivity (Wildman–Crippen MR) is 79.9 cm³/mol. The number of rotatable bonds is 5. The van der Waals surface area contributed by atoms with Gasteiger partial charge in [0.1, 0.15) is 0 Å². The van der Waals surface area contributed by atoms with Gasteiger partial charge in [0, 0.05) is 13.3 Å². The van der Waals surface area contributed by atoms with Gasteiger partial charge in [-0.1, -0.05) is 6.07 Å². The average Bonchev–Trinajstić information content (AvgIpc) is 2.38. The molecule has 0 spiro atoms. The van der Waals surface area contributed by atoms with E-state index in [1.807, 2.05) is 19.1 Å². The van der Waals surface area contributed by atoms with Gasteiger partial charge >= 0.3 is 0 Å². The molecule has 19 heavy (non-hydrogen) atoms. The minimum atomic E-state index is 0.271. The number of pyridine rings is 1. The first-order chi connectivity index (χ1) is 9.13. The fourth-order valence-corrected chi connectivity index (χ4v) is 1.50. The highest BCUT2D eigenvalue weighted by Gasteiger charge is 2.01. The molecule has 0 fully saturated rings. The quantitative estimate of drug-likeness (QED) is 0.312. The number of hydrogen-bond donors (Lipinski definition) is 3. The third-order valence-electron chi connectivity index (χ3n) is 2.35. The summed E-state index contributed by atoms with van der Waals surface area (Å²) >= 11 is 5.11. The molecule has 6 nitrogen and oxygen atoms in total. The van der Waals surface area contributed by atoms with E-state index in [0.717, 1.165) is 11.3 Å². The topological polar surface area (TPSA) is 84.6 Å². The maximum Gasteiger partial charge on any atom is 0.194 e. The maximum atomic E-state index is 5.65. The molecule has 0 unspecified atom stereocenters. The van der Waals surface area contributed by atoms with Gasteiger partial charge in [0.05, 0.1) is 25.4 Å². The first-order valence-electron chi connectivity index (χ1n) is 5.87. The van der Waals surface area contributed by atoms with Crippen molar-refractivity contribution in [3.63, 3.8) is 0 Å². The molecule has 4 N–H and O–H groups in total. The van der Waals surface area contributed by atoms with Gasteiger partial charge in [-0.3, -0.25) is 9.98 Å². The van der Waals surface area contributed by atoms with Crippen LogP contribution in [0.25, 0.3) is 0 Å². The Hall–Kier alpha value is -1.73. The first kappa shape index (κ1) is 15.3. The molecule has 0 aliphatic rings. The Morgan fingerprint density at radius 3 is 3.05 bits per heavy atom. The number of ether oxygens (including phenoxy) is 1. The van der Waals surface area contributed by atoms with Crippen LogP contribution in [0.3, 0.4) is 0 Å². The number of aromatic nitrogens is 1. The number of guanidine groups is 1. The summed E-state index contributed by atoms with van der Waals surface area (Å²) < 4.78 is 4.87. The summed E-state index contributed by atoms with van der Waals surface area (Å²) in [5.74, 6) is 0.271. The molecule has 0 atom stereocenters. The molecular formula is C12H19N5OS. The molecule has 1 aromatic heterocycles. The van der Waals surface area contributed by atoms with Crippen LogP contribution in [-0.4, -0.2) is 36.3 Å². The Morgan fingerprint density at radius 1 is 1.58 bits per heavy atom. The predicted octanol–water partition coefficient (Wildman–Crippen LogP) is 0.315. The van der Waals surface area contributed by atoms with Crippen molar-refractivity contribution in [3.05, 3.63) is 29.6 Å². The van der Waals surface area contributed by atoms with Crippen LogP contribution in [0.2, 0.25) is 0 Å². The third kappa shape index (κ3) is 6.12. The summed E-state index contributed by atoms with van der Waals surface area (Å²) in [5.41, 5.74) is 7.71. The zero-order valence-electron chi connectivity index (χ0n) is 11.1. The van der Waals surface area contributed by atoms with E-state index in [9.17, 15) is 0 Å².